The molecular weight excluding hydrogens is 210 g/mol. The Bertz CT molecular complexity index is 387. The standard InChI is InChI=1S/C15H23NO/c1-11-10-12(2)16-14(3,4)15(11,17)13-8-6-5-7-9-13/h5-9,11-12,16-17H,10H2,1-4H3. The highest BCUT2D eigenvalue weighted by atomic mass is 16.3. The molecule has 2 rings (SSSR count). The van der Waals surface area contributed by atoms with Gasteiger partial charge in [0.05, 0.1) is 0 Å². The first-order chi connectivity index (χ1) is 7.88. The van der Waals surface area contributed by atoms with Crippen molar-refractivity contribution in [1.82, 2.24) is 5.32 Å². The molecule has 1 aromatic carbocycles. The zero-order valence-electron chi connectivity index (χ0n) is 11.2. The van der Waals surface area contributed by atoms with Crippen LogP contribution >= 0.6 is 0 Å². The lowest BCUT2D eigenvalue weighted by Gasteiger charge is -2.53. The van der Waals surface area contributed by atoms with Crippen molar-refractivity contribution in [2.75, 3.05) is 0 Å². The van der Waals surface area contributed by atoms with E-state index in [2.05, 4.69) is 33.0 Å². The fourth-order valence-corrected chi connectivity index (χ4v) is 3.44. The zero-order chi connectivity index (χ0) is 12.7. The van der Waals surface area contributed by atoms with Crippen molar-refractivity contribution in [2.24, 2.45) is 5.92 Å². The topological polar surface area (TPSA) is 32.3 Å². The van der Waals surface area contributed by atoms with Crippen molar-refractivity contribution in [1.29, 1.82) is 0 Å². The van der Waals surface area contributed by atoms with E-state index in [1.54, 1.807) is 0 Å². The normalized spacial score (nSPS) is 36.8. The monoisotopic (exact) mass is 233 g/mol. The molecule has 3 unspecified atom stereocenters. The molecule has 0 radical (unpaired) electrons. The van der Waals surface area contributed by atoms with Gasteiger partial charge < -0.3 is 10.4 Å². The summed E-state index contributed by atoms with van der Waals surface area (Å²) in [5.41, 5.74) is -0.108. The third-order valence-corrected chi connectivity index (χ3v) is 4.19. The molecule has 1 heterocycles. The van der Waals surface area contributed by atoms with Crippen LogP contribution in [0.3, 0.4) is 0 Å². The Hall–Kier alpha value is -0.860. The molecule has 0 saturated carbocycles. The number of nitrogens with one attached hydrogen (secondary N) is 1. The van der Waals surface area contributed by atoms with Crippen molar-refractivity contribution >= 4 is 0 Å². The number of benzene rings is 1. The summed E-state index contributed by atoms with van der Waals surface area (Å²) in [7, 11) is 0. The van der Waals surface area contributed by atoms with Crippen molar-refractivity contribution in [2.45, 2.75) is 51.3 Å². The molecule has 2 N–H and O–H groups in total. The van der Waals surface area contributed by atoms with Crippen LogP contribution in [0.2, 0.25) is 0 Å². The second-order valence-corrected chi connectivity index (χ2v) is 5.94. The SMILES string of the molecule is CC1CC(C)C(O)(c2ccccc2)C(C)(C)N1. The molecule has 17 heavy (non-hydrogen) atoms. The van der Waals surface area contributed by atoms with Gasteiger partial charge >= 0.3 is 0 Å². The second-order valence-electron chi connectivity index (χ2n) is 5.94. The molecule has 1 fully saturated rings. The summed E-state index contributed by atoms with van der Waals surface area (Å²) < 4.78 is 0. The minimum Gasteiger partial charge on any atom is -0.383 e. The summed E-state index contributed by atoms with van der Waals surface area (Å²) in [4.78, 5) is 0. The van der Waals surface area contributed by atoms with Gasteiger partial charge in [0.15, 0.2) is 0 Å². The van der Waals surface area contributed by atoms with Crippen molar-refractivity contribution in [3.05, 3.63) is 35.9 Å². The van der Waals surface area contributed by atoms with Crippen molar-refractivity contribution in [3.63, 3.8) is 0 Å². The van der Waals surface area contributed by atoms with Gasteiger partial charge in [-0.2, -0.15) is 0 Å². The first-order valence-corrected chi connectivity index (χ1v) is 6.43. The fraction of sp³-hybridized carbons (Fsp3) is 0.600. The summed E-state index contributed by atoms with van der Waals surface area (Å²) in [6.07, 6.45) is 0.995. The Morgan fingerprint density at radius 3 is 2.29 bits per heavy atom. The van der Waals surface area contributed by atoms with Crippen LogP contribution in [0.4, 0.5) is 0 Å². The lowest BCUT2D eigenvalue weighted by molar-refractivity contribution is -0.117. The smallest absolute Gasteiger partial charge is 0.110 e. The van der Waals surface area contributed by atoms with E-state index in [1.165, 1.54) is 0 Å². The van der Waals surface area contributed by atoms with E-state index in [0.29, 0.717) is 6.04 Å². The Kier molecular flexibility index (Phi) is 3.04. The molecule has 0 bridgehead atoms. The van der Waals surface area contributed by atoms with Crippen LogP contribution in [0, 0.1) is 5.92 Å². The molecule has 1 aliphatic rings. The number of piperidine rings is 1. The van der Waals surface area contributed by atoms with Gasteiger partial charge in [0.25, 0.3) is 0 Å². The first kappa shape index (κ1) is 12.6. The third-order valence-electron chi connectivity index (χ3n) is 4.19. The summed E-state index contributed by atoms with van der Waals surface area (Å²) >= 11 is 0. The van der Waals surface area contributed by atoms with Gasteiger partial charge in [-0.1, -0.05) is 37.3 Å². The average molecular weight is 233 g/mol. The lowest BCUT2D eigenvalue weighted by Crippen LogP contribution is -2.66. The largest absolute Gasteiger partial charge is 0.383 e. The van der Waals surface area contributed by atoms with Gasteiger partial charge in [0, 0.05) is 11.6 Å². The zero-order valence-corrected chi connectivity index (χ0v) is 11.2. The minimum absolute atomic E-state index is 0.246. The van der Waals surface area contributed by atoms with Crippen LogP contribution in [-0.4, -0.2) is 16.7 Å². The maximum atomic E-state index is 11.2. The highest BCUT2D eigenvalue weighted by Gasteiger charge is 2.52. The lowest BCUT2D eigenvalue weighted by atomic mass is 9.65. The Morgan fingerprint density at radius 1 is 1.18 bits per heavy atom. The average Bonchev–Trinajstić information content (AvgIpc) is 2.26. The van der Waals surface area contributed by atoms with Crippen LogP contribution in [0.15, 0.2) is 30.3 Å². The highest BCUT2D eigenvalue weighted by Crippen LogP contribution is 2.44. The van der Waals surface area contributed by atoms with Crippen LogP contribution < -0.4 is 5.32 Å². The van der Waals surface area contributed by atoms with Crippen LogP contribution in [0.25, 0.3) is 0 Å². The van der Waals surface area contributed by atoms with Gasteiger partial charge in [0.1, 0.15) is 5.60 Å². The molecule has 0 aliphatic carbocycles. The van der Waals surface area contributed by atoms with E-state index in [4.69, 9.17) is 0 Å². The van der Waals surface area contributed by atoms with Gasteiger partial charge in [-0.3, -0.25) is 0 Å². The molecule has 2 heteroatoms. The van der Waals surface area contributed by atoms with Crippen LogP contribution in [0.5, 0.6) is 0 Å². The summed E-state index contributed by atoms with van der Waals surface area (Å²) in [6.45, 7) is 8.51. The van der Waals surface area contributed by atoms with Gasteiger partial charge in [0.2, 0.25) is 0 Å². The minimum atomic E-state index is -0.805. The van der Waals surface area contributed by atoms with E-state index in [9.17, 15) is 5.11 Å². The molecule has 0 spiro atoms. The summed E-state index contributed by atoms with van der Waals surface area (Å²) in [5.74, 6) is 0.246. The number of hydrogen-bond donors (Lipinski definition) is 2. The van der Waals surface area contributed by atoms with E-state index in [1.807, 2.05) is 30.3 Å². The Morgan fingerprint density at radius 2 is 1.76 bits per heavy atom. The van der Waals surface area contributed by atoms with Gasteiger partial charge in [-0.05, 0) is 38.7 Å². The second kappa shape index (κ2) is 4.11. The molecule has 2 nitrogen and oxygen atoms in total. The molecule has 94 valence electrons. The molecule has 1 aliphatic heterocycles. The van der Waals surface area contributed by atoms with E-state index in [0.717, 1.165) is 12.0 Å². The summed E-state index contributed by atoms with van der Waals surface area (Å²) in [6, 6.07) is 10.5. The van der Waals surface area contributed by atoms with Gasteiger partial charge in [-0.25, -0.2) is 0 Å². The molecule has 0 amide bonds. The van der Waals surface area contributed by atoms with E-state index in [-0.39, 0.29) is 11.5 Å². The van der Waals surface area contributed by atoms with Gasteiger partial charge in [-0.15, -0.1) is 0 Å². The first-order valence-electron chi connectivity index (χ1n) is 6.43. The molecule has 1 aromatic rings. The van der Waals surface area contributed by atoms with E-state index < -0.39 is 5.60 Å². The van der Waals surface area contributed by atoms with Crippen molar-refractivity contribution in [3.8, 4) is 0 Å². The van der Waals surface area contributed by atoms with Crippen molar-refractivity contribution < 1.29 is 5.11 Å². The molecule has 0 aromatic heterocycles. The van der Waals surface area contributed by atoms with Crippen LogP contribution in [0.1, 0.15) is 39.7 Å². The predicted octanol–water partition coefficient (Wildman–Crippen LogP) is 2.67. The Labute approximate surface area is 104 Å². The maximum absolute atomic E-state index is 11.2. The highest BCUT2D eigenvalue weighted by molar-refractivity contribution is 5.29. The number of rotatable bonds is 1. The van der Waals surface area contributed by atoms with Crippen LogP contribution in [-0.2, 0) is 5.60 Å². The fourth-order valence-electron chi connectivity index (χ4n) is 3.44. The number of aliphatic hydroxyl groups is 1. The predicted molar refractivity (Wildman–Crippen MR) is 70.8 cm³/mol. The maximum Gasteiger partial charge on any atom is 0.110 e. The Balaban J connectivity index is 2.47. The molecular formula is C15H23NO. The third kappa shape index (κ3) is 1.90. The van der Waals surface area contributed by atoms with E-state index >= 15 is 0 Å². The summed E-state index contributed by atoms with van der Waals surface area (Å²) in [5, 5.41) is 14.7. The number of hydrogen-bond acceptors (Lipinski definition) is 2. The molecule has 3 atom stereocenters. The molecule has 1 saturated heterocycles. The quantitative estimate of drug-likeness (QED) is 0.781.